The fraction of sp³-hybridized carbons (Fsp3) is 0.300. The molecule has 0 fully saturated rings. The zero-order valence-corrected chi connectivity index (χ0v) is 7.97. The number of rotatable bonds is 3. The first kappa shape index (κ1) is 11.6. The summed E-state index contributed by atoms with van der Waals surface area (Å²) in [5, 5.41) is 0. The van der Waals surface area contributed by atoms with Crippen LogP contribution in [0, 0.1) is 0 Å². The minimum Gasteiger partial charge on any atom is -0.484 e. The van der Waals surface area contributed by atoms with E-state index in [2.05, 4.69) is 4.74 Å². The topological polar surface area (TPSA) is 26.3 Å². The van der Waals surface area contributed by atoms with Crippen molar-refractivity contribution in [3.63, 3.8) is 0 Å². The first-order valence-corrected chi connectivity index (χ1v) is 4.19. The van der Waals surface area contributed by atoms with Crippen LogP contribution in [0.3, 0.4) is 0 Å². The van der Waals surface area contributed by atoms with Crippen molar-refractivity contribution in [1.82, 2.24) is 0 Å². The van der Waals surface area contributed by atoms with Crippen LogP contribution in [0.15, 0.2) is 24.3 Å². The third kappa shape index (κ3) is 4.01. The van der Waals surface area contributed by atoms with Crippen LogP contribution in [0.4, 0.5) is 13.2 Å². The number of hydrogen-bond acceptors (Lipinski definition) is 2. The molecule has 0 spiro atoms. The largest absolute Gasteiger partial charge is 0.484 e. The van der Waals surface area contributed by atoms with E-state index in [-0.39, 0.29) is 11.5 Å². The van der Waals surface area contributed by atoms with Gasteiger partial charge in [0.2, 0.25) is 0 Å². The standard InChI is InChI=1S/C10H9F3O2/c1-7(14)8-3-2-4-9(5-8)15-6-10(11,12)13/h2-5H,6H2,1H3. The third-order valence-corrected chi connectivity index (χ3v) is 1.64. The molecule has 0 radical (unpaired) electrons. The maximum absolute atomic E-state index is 11.8. The van der Waals surface area contributed by atoms with E-state index in [1.165, 1.54) is 31.2 Å². The molecule has 0 atom stereocenters. The number of carbonyl (C=O) groups is 1. The first-order chi connectivity index (χ1) is 6.88. The first-order valence-electron chi connectivity index (χ1n) is 4.19. The van der Waals surface area contributed by atoms with Gasteiger partial charge in [0, 0.05) is 5.56 Å². The van der Waals surface area contributed by atoms with Gasteiger partial charge in [-0.2, -0.15) is 13.2 Å². The molecule has 0 bridgehead atoms. The number of ketones is 1. The van der Waals surface area contributed by atoms with Crippen molar-refractivity contribution in [2.75, 3.05) is 6.61 Å². The highest BCUT2D eigenvalue weighted by molar-refractivity contribution is 5.94. The SMILES string of the molecule is CC(=O)c1cccc(OCC(F)(F)F)c1. The Kier molecular flexibility index (Phi) is 3.34. The molecular formula is C10H9F3O2. The second kappa shape index (κ2) is 4.33. The van der Waals surface area contributed by atoms with E-state index in [0.717, 1.165) is 0 Å². The van der Waals surface area contributed by atoms with Gasteiger partial charge in [0.05, 0.1) is 0 Å². The highest BCUT2D eigenvalue weighted by atomic mass is 19.4. The molecule has 0 heterocycles. The summed E-state index contributed by atoms with van der Waals surface area (Å²) in [5.74, 6) is -0.174. The highest BCUT2D eigenvalue weighted by Gasteiger charge is 2.28. The minimum atomic E-state index is -4.37. The van der Waals surface area contributed by atoms with E-state index < -0.39 is 12.8 Å². The summed E-state index contributed by atoms with van der Waals surface area (Å²) in [7, 11) is 0. The second-order valence-electron chi connectivity index (χ2n) is 2.99. The molecule has 0 aliphatic heterocycles. The van der Waals surface area contributed by atoms with Crippen molar-refractivity contribution in [2.45, 2.75) is 13.1 Å². The number of benzene rings is 1. The zero-order valence-electron chi connectivity index (χ0n) is 7.97. The van der Waals surface area contributed by atoms with Crippen LogP contribution in [0.25, 0.3) is 0 Å². The lowest BCUT2D eigenvalue weighted by Crippen LogP contribution is -2.19. The second-order valence-corrected chi connectivity index (χ2v) is 2.99. The molecule has 0 saturated carbocycles. The van der Waals surface area contributed by atoms with Gasteiger partial charge < -0.3 is 4.74 Å². The minimum absolute atomic E-state index is 0.0417. The molecule has 0 saturated heterocycles. The normalized spacial score (nSPS) is 11.2. The summed E-state index contributed by atoms with van der Waals surface area (Å²) in [4.78, 5) is 10.9. The van der Waals surface area contributed by atoms with Gasteiger partial charge in [-0.3, -0.25) is 4.79 Å². The summed E-state index contributed by atoms with van der Waals surface area (Å²) >= 11 is 0. The Bertz CT molecular complexity index is 358. The number of alkyl halides is 3. The van der Waals surface area contributed by atoms with Gasteiger partial charge in [-0.1, -0.05) is 12.1 Å². The molecule has 1 aromatic carbocycles. The van der Waals surface area contributed by atoms with Crippen LogP contribution in [0.1, 0.15) is 17.3 Å². The van der Waals surface area contributed by atoms with Gasteiger partial charge in [0.25, 0.3) is 0 Å². The van der Waals surface area contributed by atoms with Gasteiger partial charge in [-0.05, 0) is 19.1 Å². The molecule has 0 N–H and O–H groups in total. The Morgan fingerprint density at radius 2 is 2.07 bits per heavy atom. The van der Waals surface area contributed by atoms with Gasteiger partial charge >= 0.3 is 6.18 Å². The van der Waals surface area contributed by atoms with Crippen molar-refractivity contribution < 1.29 is 22.7 Å². The average Bonchev–Trinajstić information content (AvgIpc) is 2.14. The van der Waals surface area contributed by atoms with E-state index in [1.807, 2.05) is 0 Å². The van der Waals surface area contributed by atoms with Gasteiger partial charge in [0.15, 0.2) is 12.4 Å². The quantitative estimate of drug-likeness (QED) is 0.729. The Labute approximate surface area is 84.7 Å². The average molecular weight is 218 g/mol. The fourth-order valence-corrected chi connectivity index (χ4v) is 0.970. The lowest BCUT2D eigenvalue weighted by molar-refractivity contribution is -0.153. The Morgan fingerprint density at radius 1 is 1.40 bits per heavy atom. The van der Waals surface area contributed by atoms with Crippen LogP contribution < -0.4 is 4.74 Å². The molecule has 5 heteroatoms. The molecule has 1 rings (SSSR count). The van der Waals surface area contributed by atoms with Gasteiger partial charge in [0.1, 0.15) is 5.75 Å². The predicted molar refractivity (Wildman–Crippen MR) is 48.0 cm³/mol. The smallest absolute Gasteiger partial charge is 0.422 e. The molecule has 15 heavy (non-hydrogen) atoms. The Morgan fingerprint density at radius 3 is 2.60 bits per heavy atom. The van der Waals surface area contributed by atoms with E-state index in [0.29, 0.717) is 5.56 Å². The number of Topliss-reactive ketones (excluding diaryl/α,β-unsaturated/α-hetero) is 1. The van der Waals surface area contributed by atoms with Crippen LogP contribution in [0.2, 0.25) is 0 Å². The van der Waals surface area contributed by atoms with E-state index in [1.54, 1.807) is 0 Å². The van der Waals surface area contributed by atoms with E-state index in [4.69, 9.17) is 0 Å². The van der Waals surface area contributed by atoms with Crippen LogP contribution in [-0.4, -0.2) is 18.6 Å². The molecule has 0 unspecified atom stereocenters. The maximum atomic E-state index is 11.8. The monoisotopic (exact) mass is 218 g/mol. The van der Waals surface area contributed by atoms with Crippen LogP contribution >= 0.6 is 0 Å². The summed E-state index contributed by atoms with van der Waals surface area (Å²) in [6.07, 6.45) is -4.37. The molecule has 0 aliphatic carbocycles. The number of hydrogen-bond donors (Lipinski definition) is 0. The summed E-state index contributed by atoms with van der Waals surface area (Å²) in [6, 6.07) is 5.65. The maximum Gasteiger partial charge on any atom is 0.422 e. The Balaban J connectivity index is 2.70. The van der Waals surface area contributed by atoms with E-state index >= 15 is 0 Å². The van der Waals surface area contributed by atoms with Crippen molar-refractivity contribution >= 4 is 5.78 Å². The third-order valence-electron chi connectivity index (χ3n) is 1.64. The molecule has 0 amide bonds. The predicted octanol–water partition coefficient (Wildman–Crippen LogP) is 2.83. The van der Waals surface area contributed by atoms with Gasteiger partial charge in [-0.25, -0.2) is 0 Å². The van der Waals surface area contributed by atoms with E-state index in [9.17, 15) is 18.0 Å². The van der Waals surface area contributed by atoms with Crippen molar-refractivity contribution in [1.29, 1.82) is 0 Å². The molecule has 0 aliphatic rings. The summed E-state index contributed by atoms with van der Waals surface area (Å²) in [5.41, 5.74) is 0.328. The van der Waals surface area contributed by atoms with Crippen LogP contribution in [-0.2, 0) is 0 Å². The van der Waals surface area contributed by atoms with Crippen molar-refractivity contribution in [3.05, 3.63) is 29.8 Å². The Hall–Kier alpha value is -1.52. The number of ether oxygens (including phenoxy) is 1. The summed E-state index contributed by atoms with van der Waals surface area (Å²) in [6.45, 7) is -0.0166. The molecule has 2 nitrogen and oxygen atoms in total. The van der Waals surface area contributed by atoms with Crippen molar-refractivity contribution in [2.24, 2.45) is 0 Å². The molecule has 1 aromatic rings. The lowest BCUT2D eigenvalue weighted by atomic mass is 10.1. The van der Waals surface area contributed by atoms with Crippen LogP contribution in [0.5, 0.6) is 5.75 Å². The lowest BCUT2D eigenvalue weighted by Gasteiger charge is -2.09. The molecular weight excluding hydrogens is 209 g/mol. The van der Waals surface area contributed by atoms with Gasteiger partial charge in [-0.15, -0.1) is 0 Å². The zero-order chi connectivity index (χ0) is 11.5. The highest BCUT2D eigenvalue weighted by Crippen LogP contribution is 2.19. The number of halogens is 3. The number of carbonyl (C=O) groups excluding carboxylic acids is 1. The molecule has 0 aromatic heterocycles. The fourth-order valence-electron chi connectivity index (χ4n) is 0.970. The van der Waals surface area contributed by atoms with Crippen molar-refractivity contribution in [3.8, 4) is 5.75 Å². The molecule has 82 valence electrons. The summed E-state index contributed by atoms with van der Waals surface area (Å²) < 4.78 is 39.9.